The van der Waals surface area contributed by atoms with Crippen LogP contribution in [0.25, 0.3) is 21.5 Å². The Balaban J connectivity index is 0.000000166. The Kier molecular flexibility index (Phi) is 9.45. The van der Waals surface area contributed by atoms with Crippen LogP contribution in [0.2, 0.25) is 13.1 Å². The fourth-order valence-corrected chi connectivity index (χ4v) is 3.11. The molecule has 27 heavy (non-hydrogen) atoms. The molecule has 0 radical (unpaired) electrons. The van der Waals surface area contributed by atoms with Gasteiger partial charge in [0.05, 0.1) is 0 Å². The van der Waals surface area contributed by atoms with Gasteiger partial charge in [-0.25, -0.2) is 0 Å². The monoisotopic (exact) mass is 448 g/mol. The third kappa shape index (κ3) is 7.35. The summed E-state index contributed by atoms with van der Waals surface area (Å²) in [6.45, 7) is 8.98. The van der Waals surface area contributed by atoms with Crippen molar-refractivity contribution in [2.75, 3.05) is 0 Å². The summed E-state index contributed by atoms with van der Waals surface area (Å²) in [6, 6.07) is 26.0. The standard InChI is InChI=1S/C13H15.C10H9.C2H6Si.Zr/c1-2-3-6-11-9-10-12-7-4-5-8-13(11)12;1-8-6-9-4-2-3-5-10(9)7-8;1-3-2;/h4-5,7-10H,2-3,6H2,1H3;2-7H,1H3;1-2H3;/q2*-1;;+2. The summed E-state index contributed by atoms with van der Waals surface area (Å²) in [6.07, 6.45) is 3.80. The minimum atomic E-state index is 0.210. The maximum absolute atomic E-state index is 2.31. The molecule has 4 aromatic carbocycles. The van der Waals surface area contributed by atoms with Crippen LogP contribution >= 0.6 is 0 Å². The van der Waals surface area contributed by atoms with Gasteiger partial charge in [0.25, 0.3) is 0 Å². The van der Waals surface area contributed by atoms with Crippen molar-refractivity contribution in [2.24, 2.45) is 0 Å². The Morgan fingerprint density at radius 3 is 2.26 bits per heavy atom. The second-order valence-corrected chi connectivity index (χ2v) is 16.6. The summed E-state index contributed by atoms with van der Waals surface area (Å²) in [5, 5.41) is 5.52. The van der Waals surface area contributed by atoms with E-state index in [2.05, 4.69) is 99.7 Å². The molecule has 0 aromatic heterocycles. The molecule has 0 heterocycles. The van der Waals surface area contributed by atoms with Crippen molar-refractivity contribution in [1.29, 1.82) is 0 Å². The van der Waals surface area contributed by atoms with Gasteiger partial charge in [0, 0.05) is 0 Å². The molecule has 0 aliphatic rings. The Hall–Kier alpha value is -1.24. The molecule has 0 nitrogen and oxygen atoms in total. The molecule has 138 valence electrons. The number of unbranched alkanes of at least 4 members (excludes halogenated alkanes) is 1. The molecule has 0 saturated heterocycles. The maximum Gasteiger partial charge on any atom is -0.0579 e. The Bertz CT molecular complexity index is 937. The normalized spacial score (nSPS) is 10.1. The van der Waals surface area contributed by atoms with E-state index >= 15 is 0 Å². The smallest absolute Gasteiger partial charge is 0.0579 e. The van der Waals surface area contributed by atoms with E-state index < -0.39 is 0 Å². The van der Waals surface area contributed by atoms with Gasteiger partial charge in [0.1, 0.15) is 0 Å². The second-order valence-electron chi connectivity index (χ2n) is 7.21. The fourth-order valence-electron chi connectivity index (χ4n) is 3.11. The number of rotatable bonds is 3. The zero-order chi connectivity index (χ0) is 19.6. The van der Waals surface area contributed by atoms with Crippen molar-refractivity contribution >= 4 is 27.0 Å². The molecule has 0 N–H and O–H groups in total. The number of fused-ring (bicyclic) bond motifs is 2. The second kappa shape index (κ2) is 11.6. The SMILES string of the molecule is CCCCc1c[cH-]c2ccccc12.C[Si](C)=[Zr+2].Cc1cc2ccccc2[cH-]1. The van der Waals surface area contributed by atoms with Crippen molar-refractivity contribution < 1.29 is 23.3 Å². The molecule has 0 aliphatic heterocycles. The minimum Gasteiger partial charge on any atom is -0.165 e. The third-order valence-corrected chi connectivity index (χ3v) is 4.33. The number of aryl methyl sites for hydroxylation is 2. The van der Waals surface area contributed by atoms with Gasteiger partial charge in [-0.15, -0.1) is 81.7 Å². The van der Waals surface area contributed by atoms with E-state index in [0.717, 1.165) is 0 Å². The van der Waals surface area contributed by atoms with Crippen molar-refractivity contribution in [3.05, 3.63) is 83.9 Å². The zero-order valence-corrected chi connectivity index (χ0v) is 20.5. The first-order valence-corrected chi connectivity index (χ1v) is 16.0. The van der Waals surface area contributed by atoms with Gasteiger partial charge < -0.3 is 0 Å². The predicted molar refractivity (Wildman–Crippen MR) is 120 cm³/mol. The average Bonchev–Trinajstić information content (AvgIpc) is 3.22. The summed E-state index contributed by atoms with van der Waals surface area (Å²) >= 11 is 1.74. The van der Waals surface area contributed by atoms with Gasteiger partial charge in [-0.1, -0.05) is 45.2 Å². The molecule has 0 saturated carbocycles. The first kappa shape index (κ1) is 22.1. The van der Waals surface area contributed by atoms with E-state index in [1.165, 1.54) is 51.9 Å². The van der Waals surface area contributed by atoms with Crippen LogP contribution in [0.4, 0.5) is 0 Å². The van der Waals surface area contributed by atoms with E-state index in [-0.39, 0.29) is 5.43 Å². The number of benzene rings is 2. The fraction of sp³-hybridized carbons (Fsp3) is 0.280. The molecule has 2 heteroatoms. The van der Waals surface area contributed by atoms with Crippen molar-refractivity contribution in [3.8, 4) is 0 Å². The number of hydrogen-bond acceptors (Lipinski definition) is 0. The molecule has 0 unspecified atom stereocenters. The van der Waals surface area contributed by atoms with E-state index in [9.17, 15) is 0 Å². The van der Waals surface area contributed by atoms with Gasteiger partial charge in [0.2, 0.25) is 0 Å². The molecule has 4 aromatic rings. The summed E-state index contributed by atoms with van der Waals surface area (Å²) in [7, 11) is 0. The summed E-state index contributed by atoms with van der Waals surface area (Å²) in [5.41, 5.74) is 3.07. The van der Waals surface area contributed by atoms with Gasteiger partial charge in [-0.3, -0.25) is 0 Å². The van der Waals surface area contributed by atoms with E-state index in [1.807, 2.05) is 0 Å². The Labute approximate surface area is 179 Å². The average molecular weight is 450 g/mol. The molecule has 0 amide bonds. The molecule has 0 aliphatic carbocycles. The largest absolute Gasteiger partial charge is 0.165 e. The third-order valence-electron chi connectivity index (χ3n) is 4.33. The van der Waals surface area contributed by atoms with Crippen LogP contribution in [0.1, 0.15) is 30.9 Å². The molecular weight excluding hydrogens is 420 g/mol. The Morgan fingerprint density at radius 2 is 1.59 bits per heavy atom. The van der Waals surface area contributed by atoms with Crippen LogP contribution in [0.15, 0.2) is 72.8 Å². The summed E-state index contributed by atoms with van der Waals surface area (Å²) < 4.78 is 0. The topological polar surface area (TPSA) is 0 Å². The van der Waals surface area contributed by atoms with Crippen LogP contribution in [-0.2, 0) is 29.8 Å². The molecule has 0 bridgehead atoms. The first-order valence-electron chi connectivity index (χ1n) is 9.78. The van der Waals surface area contributed by atoms with Gasteiger partial charge in [0.15, 0.2) is 0 Å². The number of hydrogen-bond donors (Lipinski definition) is 0. The van der Waals surface area contributed by atoms with E-state index in [0.29, 0.717) is 0 Å². The van der Waals surface area contributed by atoms with Gasteiger partial charge in [-0.05, 0) is 0 Å². The maximum atomic E-state index is 2.31. The van der Waals surface area contributed by atoms with Gasteiger partial charge >= 0.3 is 41.9 Å². The van der Waals surface area contributed by atoms with Crippen LogP contribution in [0.3, 0.4) is 0 Å². The van der Waals surface area contributed by atoms with Gasteiger partial charge in [-0.2, -0.15) is 11.6 Å². The molecular formula is C25H30SiZr. The van der Waals surface area contributed by atoms with Crippen molar-refractivity contribution in [3.63, 3.8) is 0 Å². The quantitative estimate of drug-likeness (QED) is 0.224. The van der Waals surface area contributed by atoms with Crippen molar-refractivity contribution in [1.82, 2.24) is 0 Å². The van der Waals surface area contributed by atoms with E-state index in [4.69, 9.17) is 0 Å². The van der Waals surface area contributed by atoms with Crippen LogP contribution in [0.5, 0.6) is 0 Å². The first-order chi connectivity index (χ1) is 13.0. The van der Waals surface area contributed by atoms with Crippen LogP contribution < -0.4 is 0 Å². The van der Waals surface area contributed by atoms with Crippen LogP contribution in [0, 0.1) is 6.92 Å². The summed E-state index contributed by atoms with van der Waals surface area (Å²) in [4.78, 5) is 0. The molecule has 0 fully saturated rings. The van der Waals surface area contributed by atoms with Crippen LogP contribution in [-0.4, -0.2) is 5.43 Å². The molecule has 0 atom stereocenters. The van der Waals surface area contributed by atoms with E-state index in [1.54, 1.807) is 23.3 Å². The molecule has 0 spiro atoms. The molecule has 4 rings (SSSR count). The van der Waals surface area contributed by atoms with Crippen molar-refractivity contribution in [2.45, 2.75) is 46.2 Å². The minimum absolute atomic E-state index is 0.210. The Morgan fingerprint density at radius 1 is 0.963 bits per heavy atom. The zero-order valence-electron chi connectivity index (χ0n) is 17.0. The summed E-state index contributed by atoms with van der Waals surface area (Å²) in [5.74, 6) is 0. The predicted octanol–water partition coefficient (Wildman–Crippen LogP) is 7.55.